The molecule has 0 saturated carbocycles. The van der Waals surface area contributed by atoms with Gasteiger partial charge >= 0.3 is 0 Å². The summed E-state index contributed by atoms with van der Waals surface area (Å²) in [5, 5.41) is 0.583. The molecule has 0 spiro atoms. The van der Waals surface area contributed by atoms with Crippen molar-refractivity contribution in [2.45, 2.75) is 13.0 Å². The van der Waals surface area contributed by atoms with Crippen molar-refractivity contribution in [2.24, 2.45) is 0 Å². The van der Waals surface area contributed by atoms with Gasteiger partial charge in [-0.1, -0.05) is 29.8 Å². The van der Waals surface area contributed by atoms with E-state index in [0.717, 1.165) is 17.7 Å². The summed E-state index contributed by atoms with van der Waals surface area (Å²) >= 11 is 5.82. The third-order valence-electron chi connectivity index (χ3n) is 3.43. The molecule has 2 aromatic rings. The maximum Gasteiger partial charge on any atom is 0.260 e. The van der Waals surface area contributed by atoms with Crippen LogP contribution >= 0.6 is 11.6 Å². The molecule has 110 valence electrons. The van der Waals surface area contributed by atoms with Crippen molar-refractivity contribution < 1.29 is 13.6 Å². The van der Waals surface area contributed by atoms with E-state index in [1.54, 1.807) is 31.2 Å². The molecule has 21 heavy (non-hydrogen) atoms. The van der Waals surface area contributed by atoms with Gasteiger partial charge in [-0.2, -0.15) is 0 Å². The van der Waals surface area contributed by atoms with Gasteiger partial charge in [-0.05, 0) is 36.8 Å². The molecule has 0 aliphatic rings. The van der Waals surface area contributed by atoms with E-state index in [1.807, 2.05) is 0 Å². The maximum atomic E-state index is 13.7. The monoisotopic (exact) mass is 309 g/mol. The molecule has 0 aromatic heterocycles. The van der Waals surface area contributed by atoms with E-state index in [4.69, 9.17) is 11.6 Å². The Kier molecular flexibility index (Phi) is 4.58. The molecule has 0 N–H and O–H groups in total. The number of benzene rings is 2. The summed E-state index contributed by atoms with van der Waals surface area (Å²) in [6.45, 7) is 1.78. The second kappa shape index (κ2) is 6.22. The molecule has 2 nitrogen and oxygen atoms in total. The summed E-state index contributed by atoms with van der Waals surface area (Å²) in [5.41, 5.74) is 0.285. The van der Waals surface area contributed by atoms with Crippen molar-refractivity contribution in [3.8, 4) is 0 Å². The number of carbonyl (C=O) groups is 1. The predicted octanol–water partition coefficient (Wildman–Crippen LogP) is 4.45. The predicted molar refractivity (Wildman–Crippen MR) is 78.3 cm³/mol. The Morgan fingerprint density at radius 2 is 1.62 bits per heavy atom. The van der Waals surface area contributed by atoms with Crippen LogP contribution in [0.5, 0.6) is 0 Å². The van der Waals surface area contributed by atoms with Gasteiger partial charge in [-0.15, -0.1) is 0 Å². The molecule has 0 saturated heterocycles. The SMILES string of the molecule is CC(c1ccc(Cl)cc1)N(C)C(=O)c1c(F)cccc1F. The van der Waals surface area contributed by atoms with E-state index in [0.29, 0.717) is 5.02 Å². The zero-order valence-electron chi connectivity index (χ0n) is 11.6. The fourth-order valence-corrected chi connectivity index (χ4v) is 2.15. The Morgan fingerprint density at radius 3 is 2.14 bits per heavy atom. The van der Waals surface area contributed by atoms with Crippen LogP contribution in [0, 0.1) is 11.6 Å². The Hall–Kier alpha value is -1.94. The Morgan fingerprint density at radius 1 is 1.10 bits per heavy atom. The quantitative estimate of drug-likeness (QED) is 0.820. The van der Waals surface area contributed by atoms with Crippen LogP contribution in [0.2, 0.25) is 5.02 Å². The molecule has 0 heterocycles. The summed E-state index contributed by atoms with van der Waals surface area (Å²) in [7, 11) is 1.51. The van der Waals surface area contributed by atoms with Crippen molar-refractivity contribution in [1.82, 2.24) is 4.90 Å². The fourth-order valence-electron chi connectivity index (χ4n) is 2.02. The first kappa shape index (κ1) is 15.4. The molecule has 0 radical (unpaired) electrons. The van der Waals surface area contributed by atoms with Crippen LogP contribution in [-0.2, 0) is 0 Å². The zero-order chi connectivity index (χ0) is 15.6. The fraction of sp³-hybridized carbons (Fsp3) is 0.188. The normalized spacial score (nSPS) is 12.0. The summed E-state index contributed by atoms with van der Waals surface area (Å²) < 4.78 is 27.4. The van der Waals surface area contributed by atoms with Gasteiger partial charge in [0.2, 0.25) is 0 Å². The van der Waals surface area contributed by atoms with Crippen LogP contribution in [0.3, 0.4) is 0 Å². The summed E-state index contributed by atoms with van der Waals surface area (Å²) in [6.07, 6.45) is 0. The molecular weight excluding hydrogens is 296 g/mol. The van der Waals surface area contributed by atoms with Gasteiger partial charge in [0.15, 0.2) is 0 Å². The molecule has 1 atom stereocenters. The highest BCUT2D eigenvalue weighted by Crippen LogP contribution is 2.24. The number of rotatable bonds is 3. The number of nitrogens with zero attached hydrogens (tertiary/aromatic N) is 1. The second-order valence-corrected chi connectivity index (χ2v) is 5.18. The number of hydrogen-bond acceptors (Lipinski definition) is 1. The van der Waals surface area contributed by atoms with Crippen molar-refractivity contribution in [3.05, 3.63) is 70.2 Å². The summed E-state index contributed by atoms with van der Waals surface area (Å²) in [4.78, 5) is 13.6. The Bertz CT molecular complexity index is 638. The molecule has 1 amide bonds. The molecular formula is C16H14ClF2NO. The van der Waals surface area contributed by atoms with E-state index in [9.17, 15) is 13.6 Å². The van der Waals surface area contributed by atoms with E-state index in [-0.39, 0.29) is 6.04 Å². The van der Waals surface area contributed by atoms with E-state index >= 15 is 0 Å². The maximum absolute atomic E-state index is 13.7. The highest BCUT2D eigenvalue weighted by molar-refractivity contribution is 6.30. The van der Waals surface area contributed by atoms with Crippen LogP contribution in [0.25, 0.3) is 0 Å². The summed E-state index contributed by atoms with van der Waals surface area (Å²) in [6, 6.07) is 9.97. The van der Waals surface area contributed by atoms with Gasteiger partial charge in [0.05, 0.1) is 6.04 Å². The first-order chi connectivity index (χ1) is 9.91. The third-order valence-corrected chi connectivity index (χ3v) is 3.68. The van der Waals surface area contributed by atoms with Crippen LogP contribution in [-0.4, -0.2) is 17.9 Å². The van der Waals surface area contributed by atoms with Gasteiger partial charge in [0, 0.05) is 12.1 Å². The van der Waals surface area contributed by atoms with Gasteiger partial charge in [0.25, 0.3) is 5.91 Å². The number of halogens is 3. The number of amides is 1. The minimum atomic E-state index is -0.866. The van der Waals surface area contributed by atoms with E-state index in [2.05, 4.69) is 0 Å². The minimum Gasteiger partial charge on any atom is -0.335 e. The standard InChI is InChI=1S/C16H14ClF2NO/c1-10(11-6-8-12(17)9-7-11)20(2)16(21)15-13(18)4-3-5-14(15)19/h3-10H,1-2H3. The van der Waals surface area contributed by atoms with Crippen LogP contribution < -0.4 is 0 Å². The third kappa shape index (κ3) is 3.22. The average Bonchev–Trinajstić information content (AvgIpc) is 2.46. The zero-order valence-corrected chi connectivity index (χ0v) is 12.4. The Balaban J connectivity index is 2.28. The van der Waals surface area contributed by atoms with Crippen molar-refractivity contribution in [2.75, 3.05) is 7.05 Å². The smallest absolute Gasteiger partial charge is 0.260 e. The second-order valence-electron chi connectivity index (χ2n) is 4.74. The highest BCUT2D eigenvalue weighted by Gasteiger charge is 2.24. The molecule has 1 unspecified atom stereocenters. The number of hydrogen-bond donors (Lipinski definition) is 0. The topological polar surface area (TPSA) is 20.3 Å². The first-order valence-corrected chi connectivity index (χ1v) is 6.76. The van der Waals surface area contributed by atoms with Gasteiger partial charge in [-0.25, -0.2) is 8.78 Å². The lowest BCUT2D eigenvalue weighted by Crippen LogP contribution is -2.31. The highest BCUT2D eigenvalue weighted by atomic mass is 35.5. The molecule has 0 aliphatic heterocycles. The molecule has 2 aromatic carbocycles. The van der Waals surface area contributed by atoms with Crippen molar-refractivity contribution in [3.63, 3.8) is 0 Å². The Labute approximate surface area is 127 Å². The van der Waals surface area contributed by atoms with E-state index in [1.165, 1.54) is 18.0 Å². The average molecular weight is 310 g/mol. The van der Waals surface area contributed by atoms with Crippen molar-refractivity contribution >= 4 is 17.5 Å². The van der Waals surface area contributed by atoms with Gasteiger partial charge in [0.1, 0.15) is 17.2 Å². The molecule has 2 rings (SSSR count). The number of carbonyl (C=O) groups excluding carboxylic acids is 1. The lowest BCUT2D eigenvalue weighted by molar-refractivity contribution is 0.0732. The van der Waals surface area contributed by atoms with Crippen LogP contribution in [0.1, 0.15) is 28.9 Å². The summed E-state index contributed by atoms with van der Waals surface area (Å²) in [5.74, 6) is -2.43. The molecule has 5 heteroatoms. The molecule has 0 aliphatic carbocycles. The lowest BCUT2D eigenvalue weighted by atomic mass is 10.1. The van der Waals surface area contributed by atoms with Gasteiger partial charge < -0.3 is 4.90 Å². The van der Waals surface area contributed by atoms with Crippen molar-refractivity contribution in [1.29, 1.82) is 0 Å². The van der Waals surface area contributed by atoms with Crippen LogP contribution in [0.4, 0.5) is 8.78 Å². The first-order valence-electron chi connectivity index (χ1n) is 6.38. The molecule has 0 bridgehead atoms. The minimum absolute atomic E-state index is 0.339. The van der Waals surface area contributed by atoms with E-state index < -0.39 is 23.1 Å². The van der Waals surface area contributed by atoms with Crippen LogP contribution in [0.15, 0.2) is 42.5 Å². The molecule has 0 fully saturated rings. The van der Waals surface area contributed by atoms with Gasteiger partial charge in [-0.3, -0.25) is 4.79 Å². The largest absolute Gasteiger partial charge is 0.335 e. The lowest BCUT2D eigenvalue weighted by Gasteiger charge is -2.25.